The molecule has 0 aromatic heterocycles. The number of halogens is 1. The summed E-state index contributed by atoms with van der Waals surface area (Å²) in [6.07, 6.45) is 5.60. The molecule has 12 heavy (non-hydrogen) atoms. The third-order valence-electron chi connectivity index (χ3n) is 3.01. The highest BCUT2D eigenvalue weighted by Gasteiger charge is 2.31. The number of nitrogens with zero attached hydrogens (tertiary/aromatic N) is 1. The highest BCUT2D eigenvalue weighted by molar-refractivity contribution is 5.85. The Morgan fingerprint density at radius 2 is 1.50 bits per heavy atom. The van der Waals surface area contributed by atoms with E-state index in [9.17, 15) is 0 Å². The normalized spacial score (nSPS) is 25.5. The van der Waals surface area contributed by atoms with E-state index in [1.807, 2.05) is 0 Å². The summed E-state index contributed by atoms with van der Waals surface area (Å²) < 4.78 is 0. The molecule has 3 heteroatoms. The van der Waals surface area contributed by atoms with Gasteiger partial charge in [0.15, 0.2) is 0 Å². The Kier molecular flexibility index (Phi) is 3.81. The molecule has 1 aliphatic carbocycles. The van der Waals surface area contributed by atoms with Crippen LogP contribution in [0.5, 0.6) is 0 Å². The van der Waals surface area contributed by atoms with Gasteiger partial charge in [-0.2, -0.15) is 0 Å². The van der Waals surface area contributed by atoms with E-state index >= 15 is 0 Å². The lowest BCUT2D eigenvalue weighted by molar-refractivity contribution is 0.190. The van der Waals surface area contributed by atoms with Crippen LogP contribution in [0.25, 0.3) is 0 Å². The summed E-state index contributed by atoms with van der Waals surface area (Å²) >= 11 is 0. The van der Waals surface area contributed by atoms with E-state index in [1.54, 1.807) is 0 Å². The molecular formula is C9H19ClN2. The second-order valence-corrected chi connectivity index (χ2v) is 3.88. The molecular weight excluding hydrogens is 172 g/mol. The van der Waals surface area contributed by atoms with Gasteiger partial charge in [0.05, 0.1) is 0 Å². The van der Waals surface area contributed by atoms with Crippen LogP contribution >= 0.6 is 12.4 Å². The molecule has 2 rings (SSSR count). The van der Waals surface area contributed by atoms with E-state index < -0.39 is 0 Å². The third-order valence-corrected chi connectivity index (χ3v) is 3.01. The Hall–Kier alpha value is 0.210. The summed E-state index contributed by atoms with van der Waals surface area (Å²) in [6, 6.07) is 1.82. The van der Waals surface area contributed by atoms with Crippen molar-refractivity contribution in [3.8, 4) is 0 Å². The molecule has 0 amide bonds. The number of piperidine rings is 1. The molecule has 2 nitrogen and oxygen atoms in total. The van der Waals surface area contributed by atoms with E-state index in [2.05, 4.69) is 17.3 Å². The van der Waals surface area contributed by atoms with Gasteiger partial charge < -0.3 is 10.2 Å². The summed E-state index contributed by atoms with van der Waals surface area (Å²) in [4.78, 5) is 2.60. The van der Waals surface area contributed by atoms with E-state index in [0.717, 1.165) is 12.1 Å². The Morgan fingerprint density at radius 1 is 1.00 bits per heavy atom. The third kappa shape index (κ3) is 2.35. The van der Waals surface area contributed by atoms with Gasteiger partial charge in [-0.05, 0) is 45.8 Å². The molecule has 0 bridgehead atoms. The monoisotopic (exact) mass is 190 g/mol. The van der Waals surface area contributed by atoms with Gasteiger partial charge in [0.1, 0.15) is 0 Å². The van der Waals surface area contributed by atoms with Crippen LogP contribution < -0.4 is 5.32 Å². The van der Waals surface area contributed by atoms with Crippen molar-refractivity contribution in [2.75, 3.05) is 20.1 Å². The lowest BCUT2D eigenvalue weighted by Crippen LogP contribution is -2.42. The molecule has 0 spiro atoms. The summed E-state index contributed by atoms with van der Waals surface area (Å²) in [5.41, 5.74) is 0. The Labute approximate surface area is 81.1 Å². The first-order valence-electron chi connectivity index (χ1n) is 4.80. The van der Waals surface area contributed by atoms with Crippen LogP contribution in [0.2, 0.25) is 0 Å². The first-order chi connectivity index (χ1) is 5.38. The molecule has 0 unspecified atom stereocenters. The maximum atomic E-state index is 3.40. The van der Waals surface area contributed by atoms with Crippen molar-refractivity contribution in [1.82, 2.24) is 10.2 Å². The minimum atomic E-state index is 0. The van der Waals surface area contributed by atoms with Gasteiger partial charge in [-0.25, -0.2) is 0 Å². The smallest absolute Gasteiger partial charge is 0.0119 e. The van der Waals surface area contributed by atoms with Gasteiger partial charge in [-0.3, -0.25) is 0 Å². The zero-order chi connectivity index (χ0) is 7.68. The highest BCUT2D eigenvalue weighted by atomic mass is 35.5. The first-order valence-corrected chi connectivity index (χ1v) is 4.80. The molecule has 2 aliphatic rings. The van der Waals surface area contributed by atoms with Crippen LogP contribution in [-0.2, 0) is 0 Å². The van der Waals surface area contributed by atoms with Crippen LogP contribution in [-0.4, -0.2) is 37.1 Å². The molecule has 0 aromatic carbocycles. The average molecular weight is 191 g/mol. The SMILES string of the molecule is CN(C1CCNCC1)C1CC1.Cl. The Balaban J connectivity index is 0.000000720. The predicted octanol–water partition coefficient (Wildman–Crippen LogP) is 1.25. The zero-order valence-electron chi connectivity index (χ0n) is 7.75. The van der Waals surface area contributed by atoms with Crippen molar-refractivity contribution in [3.05, 3.63) is 0 Å². The molecule has 72 valence electrons. The highest BCUT2D eigenvalue weighted by Crippen LogP contribution is 2.29. The van der Waals surface area contributed by atoms with Gasteiger partial charge in [0.2, 0.25) is 0 Å². The predicted molar refractivity (Wildman–Crippen MR) is 53.9 cm³/mol. The quantitative estimate of drug-likeness (QED) is 0.706. The summed E-state index contributed by atoms with van der Waals surface area (Å²) in [5.74, 6) is 0. The van der Waals surface area contributed by atoms with Crippen molar-refractivity contribution in [2.45, 2.75) is 37.8 Å². The number of nitrogens with one attached hydrogen (secondary N) is 1. The van der Waals surface area contributed by atoms with Gasteiger partial charge >= 0.3 is 0 Å². The number of rotatable bonds is 2. The standard InChI is InChI=1S/C9H18N2.ClH/c1-11(8-2-3-8)9-4-6-10-7-5-9;/h8-10H,2-7H2,1H3;1H. The maximum Gasteiger partial charge on any atom is 0.0119 e. The number of hydrogen-bond donors (Lipinski definition) is 1. The fourth-order valence-electron chi connectivity index (χ4n) is 1.99. The summed E-state index contributed by atoms with van der Waals surface area (Å²) in [5, 5.41) is 3.40. The topological polar surface area (TPSA) is 15.3 Å². The molecule has 1 saturated carbocycles. The Bertz CT molecular complexity index is 130. The van der Waals surface area contributed by atoms with Gasteiger partial charge in [-0.15, -0.1) is 12.4 Å². The second-order valence-electron chi connectivity index (χ2n) is 3.88. The summed E-state index contributed by atoms with van der Waals surface area (Å²) in [6.45, 7) is 2.45. The average Bonchev–Trinajstić information content (AvgIpc) is 2.87. The van der Waals surface area contributed by atoms with E-state index in [-0.39, 0.29) is 12.4 Å². The largest absolute Gasteiger partial charge is 0.317 e. The fourth-order valence-corrected chi connectivity index (χ4v) is 1.99. The number of hydrogen-bond acceptors (Lipinski definition) is 2. The minimum Gasteiger partial charge on any atom is -0.317 e. The summed E-state index contributed by atoms with van der Waals surface area (Å²) in [7, 11) is 2.30. The lowest BCUT2D eigenvalue weighted by Gasteiger charge is -2.31. The second kappa shape index (κ2) is 4.45. The van der Waals surface area contributed by atoms with Crippen LogP contribution in [0.1, 0.15) is 25.7 Å². The van der Waals surface area contributed by atoms with Gasteiger partial charge in [0, 0.05) is 12.1 Å². The molecule has 1 heterocycles. The van der Waals surface area contributed by atoms with Crippen LogP contribution in [0.3, 0.4) is 0 Å². The molecule has 0 aromatic rings. The van der Waals surface area contributed by atoms with Crippen molar-refractivity contribution < 1.29 is 0 Å². The zero-order valence-corrected chi connectivity index (χ0v) is 8.57. The molecule has 1 aliphatic heterocycles. The molecule has 1 saturated heterocycles. The molecule has 0 radical (unpaired) electrons. The van der Waals surface area contributed by atoms with Crippen LogP contribution in [0, 0.1) is 0 Å². The van der Waals surface area contributed by atoms with Crippen LogP contribution in [0.4, 0.5) is 0 Å². The first kappa shape index (κ1) is 10.3. The molecule has 0 atom stereocenters. The Morgan fingerprint density at radius 3 is 2.00 bits per heavy atom. The molecule has 1 N–H and O–H groups in total. The van der Waals surface area contributed by atoms with E-state index in [1.165, 1.54) is 38.8 Å². The van der Waals surface area contributed by atoms with E-state index in [4.69, 9.17) is 0 Å². The van der Waals surface area contributed by atoms with Crippen molar-refractivity contribution in [2.24, 2.45) is 0 Å². The van der Waals surface area contributed by atoms with Crippen LogP contribution in [0.15, 0.2) is 0 Å². The van der Waals surface area contributed by atoms with Crippen molar-refractivity contribution in [1.29, 1.82) is 0 Å². The molecule has 2 fully saturated rings. The van der Waals surface area contributed by atoms with Crippen molar-refractivity contribution >= 4 is 12.4 Å². The lowest BCUT2D eigenvalue weighted by atomic mass is 10.1. The maximum absolute atomic E-state index is 3.40. The van der Waals surface area contributed by atoms with Gasteiger partial charge in [-0.1, -0.05) is 0 Å². The fraction of sp³-hybridized carbons (Fsp3) is 1.00. The van der Waals surface area contributed by atoms with Gasteiger partial charge in [0.25, 0.3) is 0 Å². The minimum absolute atomic E-state index is 0. The van der Waals surface area contributed by atoms with Crippen molar-refractivity contribution in [3.63, 3.8) is 0 Å². The van der Waals surface area contributed by atoms with E-state index in [0.29, 0.717) is 0 Å².